The van der Waals surface area contributed by atoms with E-state index >= 15 is 0 Å². The molecule has 0 saturated heterocycles. The lowest BCUT2D eigenvalue weighted by Crippen LogP contribution is -2.33. The van der Waals surface area contributed by atoms with E-state index in [2.05, 4.69) is 0 Å². The summed E-state index contributed by atoms with van der Waals surface area (Å²) in [7, 11) is 0. The predicted octanol–water partition coefficient (Wildman–Crippen LogP) is 1.45. The topological polar surface area (TPSA) is 60.3 Å². The molecule has 0 radical (unpaired) electrons. The van der Waals surface area contributed by atoms with Crippen molar-refractivity contribution in [3.8, 4) is 11.5 Å². The summed E-state index contributed by atoms with van der Waals surface area (Å²) in [5, 5.41) is 20.7. The highest BCUT2D eigenvalue weighted by Gasteiger charge is 2.18. The second-order valence-corrected chi connectivity index (χ2v) is 3.13. The molecular formula is C10H12INO3. The van der Waals surface area contributed by atoms with Crippen LogP contribution in [0.15, 0.2) is 16.5 Å². The van der Waals surface area contributed by atoms with Crippen molar-refractivity contribution in [2.75, 3.05) is 0 Å². The van der Waals surface area contributed by atoms with Crippen molar-refractivity contribution in [2.45, 2.75) is 20.4 Å². The molecule has 0 fully saturated rings. The monoisotopic (exact) mass is 321 g/mol. The molecule has 0 aliphatic rings. The van der Waals surface area contributed by atoms with Crippen LogP contribution in [0.4, 0.5) is 0 Å². The fraction of sp³-hybridized carbons (Fsp3) is 0.300. The lowest BCUT2D eigenvalue weighted by molar-refractivity contribution is -0.679. The average molecular weight is 321 g/mol. The number of oxazole rings is 1. The molecular weight excluding hydrogens is 309 g/mol. The van der Waals surface area contributed by atoms with Gasteiger partial charge < -0.3 is 14.6 Å². The van der Waals surface area contributed by atoms with E-state index < -0.39 is 5.75 Å². The molecule has 0 unspecified atom stereocenters. The van der Waals surface area contributed by atoms with Crippen molar-refractivity contribution < 1.29 is 19.2 Å². The minimum atomic E-state index is -0.446. The zero-order valence-electron chi connectivity index (χ0n) is 8.48. The van der Waals surface area contributed by atoms with Crippen molar-refractivity contribution in [1.29, 1.82) is 0 Å². The van der Waals surface area contributed by atoms with Gasteiger partial charge in [0.25, 0.3) is 5.52 Å². The summed E-state index contributed by atoms with van der Waals surface area (Å²) in [6.45, 7) is 4.50. The molecule has 0 aliphatic carbocycles. The van der Waals surface area contributed by atoms with E-state index in [0.717, 1.165) is 12.1 Å². The van der Waals surface area contributed by atoms with E-state index in [1.807, 2.05) is 11.5 Å². The first-order valence-corrected chi connectivity index (χ1v) is 4.47. The molecule has 0 saturated carbocycles. The summed E-state index contributed by atoms with van der Waals surface area (Å²) in [6, 6.07) is 3.08. The number of rotatable bonds is 1. The van der Waals surface area contributed by atoms with E-state index in [9.17, 15) is 10.2 Å². The number of fused-ring (bicyclic) bond motifs is 1. The van der Waals surface area contributed by atoms with Crippen LogP contribution in [0, 0.1) is 6.92 Å². The second kappa shape index (κ2) is 4.26. The standard InChI is InChI=1S/C10H11NO3.HI/c1-3-11-6(2)14-10-7(11)4-5-8(12)9(10)13;/h4-5H,3H2,1-2H3,(H-,12,13);1H. The van der Waals surface area contributed by atoms with E-state index in [4.69, 9.17) is 4.42 Å². The van der Waals surface area contributed by atoms with Gasteiger partial charge in [-0.05, 0) is 18.7 Å². The van der Waals surface area contributed by atoms with Crippen molar-refractivity contribution in [1.82, 2.24) is 0 Å². The largest absolute Gasteiger partial charge is 0.867 e. The summed E-state index contributed by atoms with van der Waals surface area (Å²) in [6.07, 6.45) is 0. The first-order chi connectivity index (χ1) is 6.65. The smallest absolute Gasteiger partial charge is 0.344 e. The number of aromatic hydroxyl groups is 1. The van der Waals surface area contributed by atoms with E-state index in [1.165, 1.54) is 6.07 Å². The molecule has 0 bridgehead atoms. The van der Waals surface area contributed by atoms with Gasteiger partial charge in [0.05, 0.1) is 6.92 Å². The first kappa shape index (κ1) is 12.1. The van der Waals surface area contributed by atoms with Gasteiger partial charge in [-0.2, -0.15) is 4.57 Å². The maximum atomic E-state index is 11.5. The van der Waals surface area contributed by atoms with Gasteiger partial charge in [-0.1, -0.05) is 0 Å². The highest BCUT2D eigenvalue weighted by Crippen LogP contribution is 2.30. The molecule has 15 heavy (non-hydrogen) atoms. The first-order valence-electron chi connectivity index (χ1n) is 4.47. The van der Waals surface area contributed by atoms with Gasteiger partial charge >= 0.3 is 5.89 Å². The molecule has 0 amide bonds. The van der Waals surface area contributed by atoms with Crippen molar-refractivity contribution in [3.63, 3.8) is 0 Å². The normalized spacial score (nSPS) is 10.3. The maximum Gasteiger partial charge on any atom is 0.344 e. The summed E-state index contributed by atoms with van der Waals surface area (Å²) >= 11 is 0. The fourth-order valence-electron chi connectivity index (χ4n) is 1.62. The molecule has 1 N–H and O–H groups in total. The van der Waals surface area contributed by atoms with Crippen molar-refractivity contribution >= 4 is 35.1 Å². The van der Waals surface area contributed by atoms with E-state index in [0.29, 0.717) is 5.89 Å². The molecule has 4 nitrogen and oxygen atoms in total. The molecule has 1 aromatic carbocycles. The summed E-state index contributed by atoms with van der Waals surface area (Å²) in [4.78, 5) is 0. The third-order valence-electron chi connectivity index (χ3n) is 2.31. The predicted molar refractivity (Wildman–Crippen MR) is 63.3 cm³/mol. The van der Waals surface area contributed by atoms with Gasteiger partial charge in [0.15, 0.2) is 0 Å². The van der Waals surface area contributed by atoms with Crippen molar-refractivity contribution in [3.05, 3.63) is 18.0 Å². The van der Waals surface area contributed by atoms with Crippen LogP contribution in [-0.4, -0.2) is 5.11 Å². The Hall–Kier alpha value is -0.980. The summed E-state index contributed by atoms with van der Waals surface area (Å²) in [5.41, 5.74) is 0.956. The SMILES string of the molecule is CC[n+]1c(C)oc2c([O-])c(O)ccc21.I. The third-order valence-corrected chi connectivity index (χ3v) is 2.31. The van der Waals surface area contributed by atoms with Crippen LogP contribution in [0.2, 0.25) is 0 Å². The van der Waals surface area contributed by atoms with E-state index in [-0.39, 0.29) is 35.3 Å². The van der Waals surface area contributed by atoms with Crippen LogP contribution >= 0.6 is 24.0 Å². The Kier molecular flexibility index (Phi) is 3.43. The number of phenols is 1. The zero-order valence-corrected chi connectivity index (χ0v) is 10.8. The number of halogens is 1. The van der Waals surface area contributed by atoms with Crippen LogP contribution in [-0.2, 0) is 6.54 Å². The van der Waals surface area contributed by atoms with Gasteiger partial charge in [-0.3, -0.25) is 0 Å². The molecule has 5 heteroatoms. The molecule has 1 aromatic heterocycles. The van der Waals surface area contributed by atoms with Gasteiger partial charge in [0, 0.05) is 6.07 Å². The highest BCUT2D eigenvalue weighted by atomic mass is 127. The molecule has 0 aliphatic heterocycles. The maximum absolute atomic E-state index is 11.5. The number of nitrogens with zero attached hydrogens (tertiary/aromatic N) is 1. The molecule has 0 atom stereocenters. The quantitative estimate of drug-likeness (QED) is 0.639. The van der Waals surface area contributed by atoms with Crippen LogP contribution < -0.4 is 9.67 Å². The Morgan fingerprint density at radius 3 is 2.73 bits per heavy atom. The van der Waals surface area contributed by atoms with E-state index in [1.54, 1.807) is 13.0 Å². The third kappa shape index (κ3) is 1.75. The zero-order chi connectivity index (χ0) is 10.3. The Labute approximate surface area is 104 Å². The number of aromatic nitrogens is 1. The minimum absolute atomic E-state index is 0. The molecule has 82 valence electrons. The van der Waals surface area contributed by atoms with Crippen LogP contribution in [0.3, 0.4) is 0 Å². The average Bonchev–Trinajstić information content (AvgIpc) is 2.49. The Morgan fingerprint density at radius 2 is 2.13 bits per heavy atom. The number of hydrogen-bond donors (Lipinski definition) is 1. The lowest BCUT2D eigenvalue weighted by atomic mass is 10.3. The number of benzene rings is 1. The molecule has 2 aromatic rings. The molecule has 1 heterocycles. The fourth-order valence-corrected chi connectivity index (χ4v) is 1.62. The van der Waals surface area contributed by atoms with Gasteiger partial charge in [-0.15, -0.1) is 24.0 Å². The number of aryl methyl sites for hydroxylation is 2. The van der Waals surface area contributed by atoms with Crippen LogP contribution in [0.25, 0.3) is 11.1 Å². The minimum Gasteiger partial charge on any atom is -0.867 e. The second-order valence-electron chi connectivity index (χ2n) is 3.13. The number of phenolic OH excluding ortho intramolecular Hbond substituents is 1. The summed E-state index contributed by atoms with van der Waals surface area (Å²) in [5.74, 6) is -0.0440. The lowest BCUT2D eigenvalue weighted by Gasteiger charge is -2.04. The Bertz CT molecular complexity index is 493. The van der Waals surface area contributed by atoms with Crippen LogP contribution in [0.5, 0.6) is 11.5 Å². The Morgan fingerprint density at radius 1 is 1.47 bits per heavy atom. The van der Waals surface area contributed by atoms with Gasteiger partial charge in [0.2, 0.25) is 5.58 Å². The summed E-state index contributed by atoms with van der Waals surface area (Å²) < 4.78 is 7.18. The number of hydrogen-bond acceptors (Lipinski definition) is 3. The molecule has 2 rings (SSSR count). The van der Waals surface area contributed by atoms with Crippen LogP contribution in [0.1, 0.15) is 12.8 Å². The molecule has 0 spiro atoms. The van der Waals surface area contributed by atoms with Gasteiger partial charge in [0.1, 0.15) is 12.3 Å². The Balaban J connectivity index is 0.00000112. The van der Waals surface area contributed by atoms with Gasteiger partial charge in [-0.25, -0.2) is 0 Å². The van der Waals surface area contributed by atoms with Crippen molar-refractivity contribution in [2.24, 2.45) is 0 Å². The highest BCUT2D eigenvalue weighted by molar-refractivity contribution is 14.0.